The predicted octanol–water partition coefficient (Wildman–Crippen LogP) is 2.16. The van der Waals surface area contributed by atoms with Gasteiger partial charge in [-0.25, -0.2) is 4.79 Å². The molecule has 0 unspecified atom stereocenters. The number of nitrogens with one attached hydrogen (secondary N) is 1. The van der Waals surface area contributed by atoms with Gasteiger partial charge in [0, 0.05) is 16.8 Å². The molecule has 6 heteroatoms. The number of nitrogens with zero attached hydrogens (tertiary/aromatic N) is 1. The van der Waals surface area contributed by atoms with Crippen molar-refractivity contribution in [2.45, 2.75) is 13.8 Å². The first-order valence-corrected chi connectivity index (χ1v) is 7.08. The Hall–Kier alpha value is -3.07. The van der Waals surface area contributed by atoms with Crippen LogP contribution >= 0.6 is 0 Å². The molecule has 1 aromatic carbocycles. The lowest BCUT2D eigenvalue weighted by atomic mass is 10.0. The Morgan fingerprint density at radius 3 is 2.74 bits per heavy atom. The highest BCUT2D eigenvalue weighted by Gasteiger charge is 2.13. The van der Waals surface area contributed by atoms with E-state index in [1.807, 2.05) is 12.1 Å². The van der Waals surface area contributed by atoms with Crippen LogP contribution in [0.3, 0.4) is 0 Å². The fraction of sp³-hybridized carbons (Fsp3) is 0.235. The summed E-state index contributed by atoms with van der Waals surface area (Å²) in [5.74, 6) is 0.0119. The van der Waals surface area contributed by atoms with Crippen molar-refractivity contribution in [1.29, 1.82) is 5.26 Å². The Morgan fingerprint density at radius 2 is 2.04 bits per heavy atom. The average molecular weight is 312 g/mol. The number of H-pyrrole nitrogens is 1. The van der Waals surface area contributed by atoms with Crippen molar-refractivity contribution in [3.05, 3.63) is 51.9 Å². The minimum absolute atomic E-state index is 0.0193. The molecule has 0 atom stereocenters. The first-order valence-electron chi connectivity index (χ1n) is 7.08. The van der Waals surface area contributed by atoms with Gasteiger partial charge in [-0.15, -0.1) is 0 Å². The van der Waals surface area contributed by atoms with Crippen LogP contribution in [0.4, 0.5) is 0 Å². The van der Waals surface area contributed by atoms with Crippen LogP contribution < -0.4 is 10.3 Å². The quantitative estimate of drug-likeness (QED) is 0.854. The summed E-state index contributed by atoms with van der Waals surface area (Å²) in [6.45, 7) is 3.53. The zero-order chi connectivity index (χ0) is 16.8. The Kier molecular flexibility index (Phi) is 5.15. The van der Waals surface area contributed by atoms with Gasteiger partial charge in [0.25, 0.3) is 5.56 Å². The van der Waals surface area contributed by atoms with Crippen LogP contribution in [0, 0.1) is 18.3 Å². The summed E-state index contributed by atoms with van der Waals surface area (Å²) in [6.07, 6.45) is 0. The molecule has 118 valence electrons. The molecule has 0 radical (unpaired) electrons. The number of nitriles is 1. The number of benzene rings is 1. The summed E-state index contributed by atoms with van der Waals surface area (Å²) in [4.78, 5) is 25.7. The van der Waals surface area contributed by atoms with E-state index in [-0.39, 0.29) is 18.8 Å². The third kappa shape index (κ3) is 3.77. The fourth-order valence-electron chi connectivity index (χ4n) is 2.14. The Bertz CT molecular complexity index is 818. The smallest absolute Gasteiger partial charge is 0.344 e. The van der Waals surface area contributed by atoms with Crippen LogP contribution in [-0.4, -0.2) is 24.2 Å². The topological polar surface area (TPSA) is 92.2 Å². The normalized spacial score (nSPS) is 9.96. The van der Waals surface area contributed by atoms with Crippen LogP contribution in [0.15, 0.2) is 35.1 Å². The van der Waals surface area contributed by atoms with Gasteiger partial charge in [0.05, 0.1) is 6.61 Å². The number of aromatic amines is 1. The summed E-state index contributed by atoms with van der Waals surface area (Å²) >= 11 is 0. The van der Waals surface area contributed by atoms with E-state index in [9.17, 15) is 9.59 Å². The highest BCUT2D eigenvalue weighted by atomic mass is 16.6. The molecule has 0 aliphatic carbocycles. The van der Waals surface area contributed by atoms with Crippen molar-refractivity contribution < 1.29 is 14.3 Å². The van der Waals surface area contributed by atoms with Crippen molar-refractivity contribution in [3.8, 4) is 22.9 Å². The molecular formula is C17H16N2O4. The molecule has 0 bridgehead atoms. The molecular weight excluding hydrogens is 296 g/mol. The van der Waals surface area contributed by atoms with E-state index in [0.717, 1.165) is 0 Å². The van der Waals surface area contributed by atoms with Crippen LogP contribution in [-0.2, 0) is 9.53 Å². The van der Waals surface area contributed by atoms with E-state index in [4.69, 9.17) is 14.7 Å². The number of hydrogen-bond donors (Lipinski definition) is 1. The van der Waals surface area contributed by atoms with Gasteiger partial charge >= 0.3 is 5.97 Å². The third-order valence-electron chi connectivity index (χ3n) is 3.19. The molecule has 2 rings (SSSR count). The molecule has 0 amide bonds. The van der Waals surface area contributed by atoms with Crippen LogP contribution in [0.25, 0.3) is 11.1 Å². The molecule has 0 aliphatic rings. The maximum atomic E-state index is 11.7. The summed E-state index contributed by atoms with van der Waals surface area (Å²) in [6, 6.07) is 10.5. The van der Waals surface area contributed by atoms with E-state index in [1.165, 1.54) is 6.07 Å². The number of aryl methyl sites for hydroxylation is 1. The first-order chi connectivity index (χ1) is 11.1. The third-order valence-corrected chi connectivity index (χ3v) is 3.19. The summed E-state index contributed by atoms with van der Waals surface area (Å²) in [7, 11) is 0. The lowest BCUT2D eigenvalue weighted by Gasteiger charge is -2.13. The zero-order valence-electron chi connectivity index (χ0n) is 12.9. The maximum absolute atomic E-state index is 11.7. The van der Waals surface area contributed by atoms with Gasteiger partial charge in [-0.3, -0.25) is 4.79 Å². The molecule has 0 saturated heterocycles. The number of aromatic nitrogens is 1. The van der Waals surface area contributed by atoms with Crippen molar-refractivity contribution >= 4 is 5.97 Å². The van der Waals surface area contributed by atoms with Crippen molar-refractivity contribution in [3.63, 3.8) is 0 Å². The first kappa shape index (κ1) is 16.3. The molecule has 2 aromatic rings. The standard InChI is InChI=1S/C17H16N2O4/c1-3-22-16(20)10-23-15-7-5-4-6-13(15)14-8-12(9-18)17(21)19-11(14)2/h4-8H,3,10H2,1-2H3,(H,19,21). The highest BCUT2D eigenvalue weighted by molar-refractivity contribution is 5.75. The summed E-state index contributed by atoms with van der Waals surface area (Å²) in [5.41, 5.74) is 1.55. The molecule has 6 nitrogen and oxygen atoms in total. The number of rotatable bonds is 5. The second-order valence-corrected chi connectivity index (χ2v) is 4.75. The largest absolute Gasteiger partial charge is 0.481 e. The van der Waals surface area contributed by atoms with E-state index in [2.05, 4.69) is 4.98 Å². The molecule has 0 spiro atoms. The number of ether oxygens (including phenoxy) is 2. The Labute approximate surface area is 133 Å². The second kappa shape index (κ2) is 7.27. The number of hydrogen-bond acceptors (Lipinski definition) is 5. The van der Waals surface area contributed by atoms with Crippen molar-refractivity contribution in [1.82, 2.24) is 4.98 Å². The number of carbonyl (C=O) groups is 1. The minimum atomic E-state index is -0.460. The van der Waals surface area contributed by atoms with E-state index in [0.29, 0.717) is 22.6 Å². The van der Waals surface area contributed by atoms with Crippen molar-refractivity contribution in [2.75, 3.05) is 13.2 Å². The maximum Gasteiger partial charge on any atom is 0.344 e. The lowest BCUT2D eigenvalue weighted by Crippen LogP contribution is -2.15. The molecule has 0 aliphatic heterocycles. The molecule has 0 saturated carbocycles. The van der Waals surface area contributed by atoms with Gasteiger partial charge in [0.2, 0.25) is 0 Å². The Morgan fingerprint density at radius 1 is 1.30 bits per heavy atom. The van der Waals surface area contributed by atoms with Gasteiger partial charge in [0.1, 0.15) is 17.4 Å². The number of esters is 1. The van der Waals surface area contributed by atoms with Crippen LogP contribution in [0.2, 0.25) is 0 Å². The van der Waals surface area contributed by atoms with E-state index in [1.54, 1.807) is 32.0 Å². The molecule has 0 fully saturated rings. The lowest BCUT2D eigenvalue weighted by molar-refractivity contribution is -0.145. The minimum Gasteiger partial charge on any atom is -0.481 e. The predicted molar refractivity (Wildman–Crippen MR) is 84.1 cm³/mol. The van der Waals surface area contributed by atoms with Crippen LogP contribution in [0.5, 0.6) is 5.75 Å². The monoisotopic (exact) mass is 312 g/mol. The molecule has 1 heterocycles. The Balaban J connectivity index is 2.40. The van der Waals surface area contributed by atoms with Gasteiger partial charge in [0.15, 0.2) is 6.61 Å². The zero-order valence-corrected chi connectivity index (χ0v) is 12.9. The second-order valence-electron chi connectivity index (χ2n) is 4.75. The average Bonchev–Trinajstić information content (AvgIpc) is 2.54. The number of carbonyl (C=O) groups excluding carboxylic acids is 1. The van der Waals surface area contributed by atoms with Crippen molar-refractivity contribution in [2.24, 2.45) is 0 Å². The van der Waals surface area contributed by atoms with Gasteiger partial charge < -0.3 is 14.5 Å². The number of para-hydroxylation sites is 1. The number of pyridine rings is 1. The van der Waals surface area contributed by atoms with Gasteiger partial charge in [-0.05, 0) is 26.0 Å². The fourth-order valence-corrected chi connectivity index (χ4v) is 2.14. The van der Waals surface area contributed by atoms with E-state index >= 15 is 0 Å². The SMILES string of the molecule is CCOC(=O)COc1ccccc1-c1cc(C#N)c(=O)[nH]c1C. The van der Waals surface area contributed by atoms with Gasteiger partial charge in [-0.2, -0.15) is 5.26 Å². The van der Waals surface area contributed by atoms with Crippen LogP contribution in [0.1, 0.15) is 18.2 Å². The summed E-state index contributed by atoms with van der Waals surface area (Å²) in [5, 5.41) is 9.02. The summed E-state index contributed by atoms with van der Waals surface area (Å²) < 4.78 is 10.3. The highest BCUT2D eigenvalue weighted by Crippen LogP contribution is 2.31. The molecule has 1 N–H and O–H groups in total. The molecule has 23 heavy (non-hydrogen) atoms. The van der Waals surface area contributed by atoms with Gasteiger partial charge in [-0.1, -0.05) is 18.2 Å². The molecule has 1 aromatic heterocycles. The van der Waals surface area contributed by atoms with E-state index < -0.39 is 11.5 Å².